The van der Waals surface area contributed by atoms with Gasteiger partial charge in [0.1, 0.15) is 0 Å². The Bertz CT molecular complexity index is 564. The Hall–Kier alpha value is -0.210. The van der Waals surface area contributed by atoms with Crippen molar-refractivity contribution in [3.05, 3.63) is 36.7 Å². The number of hydrogen-bond acceptors (Lipinski definition) is 4. The fourth-order valence-electron chi connectivity index (χ4n) is 2.01. The molecule has 0 aliphatic carbocycles. The largest absolute Gasteiger partial charge is 0.271 e. The molecule has 7 heteroatoms. The van der Waals surface area contributed by atoms with Crippen molar-refractivity contribution in [1.82, 2.24) is 15.2 Å². The van der Waals surface area contributed by atoms with E-state index in [9.17, 15) is 0 Å². The van der Waals surface area contributed by atoms with Gasteiger partial charge in [0.2, 0.25) is 0 Å². The zero-order valence-electron chi connectivity index (χ0n) is 10.8. The van der Waals surface area contributed by atoms with Crippen LogP contribution in [0, 0.1) is 6.92 Å². The number of aryl methyl sites for hydroxylation is 2. The maximum atomic E-state index is 5.71. The molecule has 19 heavy (non-hydrogen) atoms. The highest BCUT2D eigenvalue weighted by molar-refractivity contribution is 9.11. The molecule has 2 heterocycles. The molecule has 0 spiro atoms. The van der Waals surface area contributed by atoms with Crippen molar-refractivity contribution < 1.29 is 0 Å². The molecule has 0 saturated heterocycles. The van der Waals surface area contributed by atoms with Gasteiger partial charge in [0, 0.05) is 17.8 Å². The summed E-state index contributed by atoms with van der Waals surface area (Å²) in [5.74, 6) is 5.71. The highest BCUT2D eigenvalue weighted by Crippen LogP contribution is 2.31. The van der Waals surface area contributed by atoms with E-state index < -0.39 is 0 Å². The first-order chi connectivity index (χ1) is 9.06. The number of hydrogen-bond donors (Lipinski definition) is 2. The van der Waals surface area contributed by atoms with Crippen LogP contribution < -0.4 is 11.3 Å². The van der Waals surface area contributed by atoms with Crippen LogP contribution in [-0.4, -0.2) is 9.78 Å². The Kier molecular flexibility index (Phi) is 5.19. The monoisotopic (exact) mass is 406 g/mol. The van der Waals surface area contributed by atoms with E-state index in [1.165, 1.54) is 10.6 Å². The molecule has 0 amide bonds. The Labute approximate surface area is 133 Å². The SMILES string of the molecule is CCn1nc(C)c(Br)c1CC(NN)c1ccc(Br)s1. The number of rotatable bonds is 5. The normalized spacial score (nSPS) is 12.9. The minimum atomic E-state index is 0.0917. The predicted octanol–water partition coefficient (Wildman–Crippen LogP) is 3.55. The van der Waals surface area contributed by atoms with E-state index in [-0.39, 0.29) is 6.04 Å². The van der Waals surface area contributed by atoms with Crippen molar-refractivity contribution in [1.29, 1.82) is 0 Å². The Morgan fingerprint density at radius 1 is 1.47 bits per heavy atom. The number of aromatic nitrogens is 2. The number of halogens is 2. The van der Waals surface area contributed by atoms with Crippen LogP contribution in [0.3, 0.4) is 0 Å². The van der Waals surface area contributed by atoms with Crippen LogP contribution >= 0.6 is 43.2 Å². The molecule has 2 aromatic heterocycles. The lowest BCUT2D eigenvalue weighted by Crippen LogP contribution is -2.29. The van der Waals surface area contributed by atoms with Gasteiger partial charge in [-0.2, -0.15) is 5.10 Å². The summed E-state index contributed by atoms with van der Waals surface area (Å²) in [6.07, 6.45) is 0.804. The molecule has 2 rings (SSSR count). The number of nitrogens with one attached hydrogen (secondary N) is 1. The third kappa shape index (κ3) is 3.28. The first kappa shape index (κ1) is 15.2. The summed E-state index contributed by atoms with van der Waals surface area (Å²) in [5.41, 5.74) is 5.08. The third-order valence-corrected chi connectivity index (χ3v) is 5.76. The number of thiophene rings is 1. The van der Waals surface area contributed by atoms with Crippen molar-refractivity contribution >= 4 is 43.2 Å². The van der Waals surface area contributed by atoms with Gasteiger partial charge in [-0.15, -0.1) is 11.3 Å². The highest BCUT2D eigenvalue weighted by Gasteiger charge is 2.19. The summed E-state index contributed by atoms with van der Waals surface area (Å²) in [7, 11) is 0. The molecule has 3 N–H and O–H groups in total. The van der Waals surface area contributed by atoms with Crippen LogP contribution in [0.25, 0.3) is 0 Å². The maximum absolute atomic E-state index is 5.71. The number of hydrazine groups is 1. The minimum Gasteiger partial charge on any atom is -0.271 e. The average Bonchev–Trinajstić information content (AvgIpc) is 2.93. The minimum absolute atomic E-state index is 0.0917. The third-order valence-electron chi connectivity index (χ3n) is 2.99. The van der Waals surface area contributed by atoms with Gasteiger partial charge in [0.15, 0.2) is 0 Å². The predicted molar refractivity (Wildman–Crippen MR) is 86.1 cm³/mol. The standard InChI is InChI=1S/C12H16Br2N4S/c1-3-18-9(12(14)7(2)17-18)6-8(16-15)10-4-5-11(13)19-10/h4-5,8,16H,3,6,15H2,1-2H3. The molecular weight excluding hydrogens is 392 g/mol. The summed E-state index contributed by atoms with van der Waals surface area (Å²) in [5, 5.41) is 4.51. The number of nitrogens with zero attached hydrogens (tertiary/aromatic N) is 2. The van der Waals surface area contributed by atoms with Crippen LogP contribution in [0.15, 0.2) is 20.4 Å². The van der Waals surface area contributed by atoms with Crippen molar-refractivity contribution in [3.8, 4) is 0 Å². The van der Waals surface area contributed by atoms with Crippen LogP contribution in [0.2, 0.25) is 0 Å². The Balaban J connectivity index is 2.28. The zero-order valence-corrected chi connectivity index (χ0v) is 14.8. The number of nitrogens with two attached hydrogens (primary N) is 1. The molecule has 0 radical (unpaired) electrons. The van der Waals surface area contributed by atoms with Crippen LogP contribution in [0.5, 0.6) is 0 Å². The van der Waals surface area contributed by atoms with E-state index in [1.54, 1.807) is 11.3 Å². The molecule has 0 bridgehead atoms. The fraction of sp³-hybridized carbons (Fsp3) is 0.417. The van der Waals surface area contributed by atoms with Gasteiger partial charge < -0.3 is 0 Å². The first-order valence-electron chi connectivity index (χ1n) is 6.00. The van der Waals surface area contributed by atoms with Gasteiger partial charge in [-0.3, -0.25) is 16.0 Å². The van der Waals surface area contributed by atoms with E-state index in [0.717, 1.165) is 26.9 Å². The second-order valence-corrected chi connectivity index (χ2v) is 7.51. The van der Waals surface area contributed by atoms with Gasteiger partial charge in [-0.05, 0) is 57.8 Å². The average molecular weight is 408 g/mol. The lowest BCUT2D eigenvalue weighted by atomic mass is 10.1. The highest BCUT2D eigenvalue weighted by atomic mass is 79.9. The lowest BCUT2D eigenvalue weighted by Gasteiger charge is -2.15. The second kappa shape index (κ2) is 6.49. The molecule has 0 aliphatic heterocycles. The molecule has 0 fully saturated rings. The van der Waals surface area contributed by atoms with E-state index in [2.05, 4.69) is 55.4 Å². The van der Waals surface area contributed by atoms with Crippen molar-refractivity contribution in [3.63, 3.8) is 0 Å². The summed E-state index contributed by atoms with van der Waals surface area (Å²) < 4.78 is 4.21. The molecule has 0 aromatic carbocycles. The smallest absolute Gasteiger partial charge is 0.0738 e. The van der Waals surface area contributed by atoms with E-state index in [1.807, 2.05) is 17.7 Å². The maximum Gasteiger partial charge on any atom is 0.0738 e. The molecule has 0 saturated carbocycles. The van der Waals surface area contributed by atoms with Gasteiger partial charge in [0.25, 0.3) is 0 Å². The van der Waals surface area contributed by atoms with Crippen molar-refractivity contribution in [2.24, 2.45) is 5.84 Å². The van der Waals surface area contributed by atoms with Gasteiger partial charge in [0.05, 0.1) is 25.7 Å². The Morgan fingerprint density at radius 3 is 2.74 bits per heavy atom. The summed E-state index contributed by atoms with van der Waals surface area (Å²) in [4.78, 5) is 1.21. The topological polar surface area (TPSA) is 55.9 Å². The Morgan fingerprint density at radius 2 is 2.21 bits per heavy atom. The molecule has 4 nitrogen and oxygen atoms in total. The summed E-state index contributed by atoms with van der Waals surface area (Å²) >= 11 is 8.80. The quantitative estimate of drug-likeness (QED) is 0.588. The van der Waals surface area contributed by atoms with Crippen LogP contribution in [-0.2, 0) is 13.0 Å². The lowest BCUT2D eigenvalue weighted by molar-refractivity contribution is 0.522. The molecule has 104 valence electrons. The molecule has 1 unspecified atom stereocenters. The zero-order chi connectivity index (χ0) is 14.0. The first-order valence-corrected chi connectivity index (χ1v) is 8.40. The molecule has 0 aliphatic rings. The van der Waals surface area contributed by atoms with Crippen LogP contribution in [0.4, 0.5) is 0 Å². The molecular formula is C12H16Br2N4S. The van der Waals surface area contributed by atoms with E-state index in [4.69, 9.17) is 5.84 Å². The molecule has 2 aromatic rings. The van der Waals surface area contributed by atoms with Crippen molar-refractivity contribution in [2.75, 3.05) is 0 Å². The van der Waals surface area contributed by atoms with Gasteiger partial charge in [-0.1, -0.05) is 0 Å². The van der Waals surface area contributed by atoms with Gasteiger partial charge >= 0.3 is 0 Å². The summed E-state index contributed by atoms with van der Waals surface area (Å²) in [6.45, 7) is 4.95. The summed E-state index contributed by atoms with van der Waals surface area (Å²) in [6, 6.07) is 4.23. The van der Waals surface area contributed by atoms with E-state index in [0.29, 0.717) is 0 Å². The van der Waals surface area contributed by atoms with E-state index >= 15 is 0 Å². The van der Waals surface area contributed by atoms with Crippen molar-refractivity contribution in [2.45, 2.75) is 32.9 Å². The second-order valence-electron chi connectivity index (χ2n) is 4.23. The molecule has 1 atom stereocenters. The fourth-order valence-corrected chi connectivity index (χ4v) is 3.94. The van der Waals surface area contributed by atoms with Gasteiger partial charge in [-0.25, -0.2) is 0 Å². The van der Waals surface area contributed by atoms with Crippen LogP contribution in [0.1, 0.15) is 29.2 Å².